The van der Waals surface area contributed by atoms with Crippen LogP contribution >= 0.6 is 0 Å². The van der Waals surface area contributed by atoms with E-state index in [1.807, 2.05) is 6.07 Å². The van der Waals surface area contributed by atoms with Crippen molar-refractivity contribution in [3.05, 3.63) is 11.9 Å². The Kier molecular flexibility index (Phi) is 3.82. The summed E-state index contributed by atoms with van der Waals surface area (Å²) in [5, 5.41) is 6.66. The maximum Gasteiger partial charge on any atom is 0.135 e. The van der Waals surface area contributed by atoms with Crippen molar-refractivity contribution in [3.63, 3.8) is 0 Å². The van der Waals surface area contributed by atoms with E-state index in [1.54, 1.807) is 0 Å². The van der Waals surface area contributed by atoms with Crippen LogP contribution in [-0.4, -0.2) is 23.1 Å². The fourth-order valence-corrected chi connectivity index (χ4v) is 1.66. The first-order chi connectivity index (χ1) is 8.19. The second-order valence-electron chi connectivity index (χ2n) is 5.01. The van der Waals surface area contributed by atoms with Crippen molar-refractivity contribution in [2.75, 3.05) is 23.7 Å². The summed E-state index contributed by atoms with van der Waals surface area (Å²) in [4.78, 5) is 9.06. The molecule has 0 unspecified atom stereocenters. The molecule has 1 saturated carbocycles. The van der Waals surface area contributed by atoms with E-state index in [0.29, 0.717) is 5.92 Å². The van der Waals surface area contributed by atoms with Crippen LogP contribution in [0.15, 0.2) is 6.07 Å². The Morgan fingerprint density at radius 3 is 2.41 bits per heavy atom. The normalized spacial score (nSPS) is 15.1. The van der Waals surface area contributed by atoms with Gasteiger partial charge < -0.3 is 10.6 Å². The first-order valence-corrected chi connectivity index (χ1v) is 6.55. The Morgan fingerprint density at radius 2 is 1.88 bits per heavy atom. The van der Waals surface area contributed by atoms with Gasteiger partial charge in [-0.1, -0.05) is 13.8 Å². The monoisotopic (exact) mass is 234 g/mol. The molecule has 2 rings (SSSR count). The van der Waals surface area contributed by atoms with Crippen molar-refractivity contribution >= 4 is 11.6 Å². The van der Waals surface area contributed by atoms with Crippen LogP contribution in [0.1, 0.15) is 45.4 Å². The maximum absolute atomic E-state index is 4.55. The molecule has 0 saturated heterocycles. The van der Waals surface area contributed by atoms with Crippen LogP contribution in [-0.2, 0) is 0 Å². The molecule has 1 aromatic heterocycles. The van der Waals surface area contributed by atoms with Crippen molar-refractivity contribution < 1.29 is 0 Å². The summed E-state index contributed by atoms with van der Waals surface area (Å²) < 4.78 is 0. The summed E-state index contributed by atoms with van der Waals surface area (Å²) in [7, 11) is 0. The van der Waals surface area contributed by atoms with E-state index in [0.717, 1.165) is 36.5 Å². The van der Waals surface area contributed by atoms with Gasteiger partial charge in [0.25, 0.3) is 0 Å². The topological polar surface area (TPSA) is 49.8 Å². The third kappa shape index (κ3) is 3.58. The zero-order chi connectivity index (χ0) is 12.3. The standard InChI is InChI=1S/C13H22N4/c1-4-14-11-7-12(15-8-10-5-6-10)17-13(16-11)9(2)3/h7,9-10H,4-6,8H2,1-3H3,(H2,14,15,16,17). The maximum atomic E-state index is 4.55. The zero-order valence-corrected chi connectivity index (χ0v) is 11.0. The Labute approximate surface area is 103 Å². The molecule has 17 heavy (non-hydrogen) atoms. The largest absolute Gasteiger partial charge is 0.370 e. The van der Waals surface area contributed by atoms with Crippen molar-refractivity contribution in [2.24, 2.45) is 5.92 Å². The van der Waals surface area contributed by atoms with E-state index in [9.17, 15) is 0 Å². The van der Waals surface area contributed by atoms with E-state index < -0.39 is 0 Å². The number of nitrogens with one attached hydrogen (secondary N) is 2. The predicted molar refractivity (Wildman–Crippen MR) is 71.5 cm³/mol. The number of hydrogen-bond donors (Lipinski definition) is 2. The molecule has 1 fully saturated rings. The number of hydrogen-bond acceptors (Lipinski definition) is 4. The Morgan fingerprint density at radius 1 is 1.24 bits per heavy atom. The highest BCUT2D eigenvalue weighted by molar-refractivity contribution is 5.47. The summed E-state index contributed by atoms with van der Waals surface area (Å²) in [6, 6.07) is 2.00. The highest BCUT2D eigenvalue weighted by atomic mass is 15.1. The molecule has 94 valence electrons. The number of rotatable bonds is 6. The SMILES string of the molecule is CCNc1cc(NCC2CC2)nc(C(C)C)n1. The second-order valence-corrected chi connectivity index (χ2v) is 5.01. The van der Waals surface area contributed by atoms with Gasteiger partial charge >= 0.3 is 0 Å². The van der Waals surface area contributed by atoms with Gasteiger partial charge in [-0.3, -0.25) is 0 Å². The third-order valence-corrected chi connectivity index (χ3v) is 2.89. The van der Waals surface area contributed by atoms with Crippen LogP contribution in [0.5, 0.6) is 0 Å². The van der Waals surface area contributed by atoms with Gasteiger partial charge in [-0.25, -0.2) is 9.97 Å². The average Bonchev–Trinajstić information content (AvgIpc) is 3.10. The Hall–Kier alpha value is -1.32. The molecule has 4 nitrogen and oxygen atoms in total. The summed E-state index contributed by atoms with van der Waals surface area (Å²) in [5.74, 6) is 3.99. The van der Waals surface area contributed by atoms with E-state index in [4.69, 9.17) is 0 Å². The van der Waals surface area contributed by atoms with Crippen LogP contribution in [0, 0.1) is 5.92 Å². The minimum atomic E-state index is 0.357. The van der Waals surface area contributed by atoms with Crippen LogP contribution < -0.4 is 10.6 Å². The molecule has 1 aliphatic carbocycles. The van der Waals surface area contributed by atoms with Gasteiger partial charge in [0.2, 0.25) is 0 Å². The quantitative estimate of drug-likeness (QED) is 0.794. The van der Waals surface area contributed by atoms with Crippen molar-refractivity contribution in [1.82, 2.24) is 9.97 Å². The summed E-state index contributed by atoms with van der Waals surface area (Å²) in [5.41, 5.74) is 0. The van der Waals surface area contributed by atoms with E-state index in [2.05, 4.69) is 41.4 Å². The lowest BCUT2D eigenvalue weighted by Crippen LogP contribution is -2.10. The molecule has 0 radical (unpaired) electrons. The van der Waals surface area contributed by atoms with Gasteiger partial charge in [0.05, 0.1) is 0 Å². The first kappa shape index (κ1) is 12.1. The van der Waals surface area contributed by atoms with Gasteiger partial charge in [-0.15, -0.1) is 0 Å². The number of nitrogens with zero attached hydrogens (tertiary/aromatic N) is 2. The highest BCUT2D eigenvalue weighted by Gasteiger charge is 2.21. The first-order valence-electron chi connectivity index (χ1n) is 6.55. The molecule has 1 aliphatic rings. The van der Waals surface area contributed by atoms with Gasteiger partial charge in [0.1, 0.15) is 17.5 Å². The molecule has 1 heterocycles. The molecule has 0 amide bonds. The van der Waals surface area contributed by atoms with E-state index >= 15 is 0 Å². The smallest absolute Gasteiger partial charge is 0.135 e. The molecular formula is C13H22N4. The molecule has 0 aromatic carbocycles. The molecule has 0 aliphatic heterocycles. The lowest BCUT2D eigenvalue weighted by molar-refractivity contribution is 0.772. The Bertz CT molecular complexity index is 372. The molecule has 4 heteroatoms. The summed E-state index contributed by atoms with van der Waals surface area (Å²) in [6.07, 6.45) is 2.71. The van der Waals surface area contributed by atoms with Crippen LogP contribution in [0.2, 0.25) is 0 Å². The molecule has 0 bridgehead atoms. The minimum absolute atomic E-state index is 0.357. The van der Waals surface area contributed by atoms with Crippen LogP contribution in [0.25, 0.3) is 0 Å². The fraction of sp³-hybridized carbons (Fsp3) is 0.692. The predicted octanol–water partition coefficient (Wildman–Crippen LogP) is 2.85. The minimum Gasteiger partial charge on any atom is -0.370 e. The third-order valence-electron chi connectivity index (χ3n) is 2.89. The second kappa shape index (κ2) is 5.34. The van der Waals surface area contributed by atoms with E-state index in [1.165, 1.54) is 12.8 Å². The van der Waals surface area contributed by atoms with Gasteiger partial charge in [0.15, 0.2) is 0 Å². The highest BCUT2D eigenvalue weighted by Crippen LogP contribution is 2.29. The van der Waals surface area contributed by atoms with Gasteiger partial charge in [-0.2, -0.15) is 0 Å². The summed E-state index contributed by atoms with van der Waals surface area (Å²) in [6.45, 7) is 8.25. The molecule has 2 N–H and O–H groups in total. The molecule has 0 spiro atoms. The number of anilines is 2. The van der Waals surface area contributed by atoms with Gasteiger partial charge in [-0.05, 0) is 25.7 Å². The lowest BCUT2D eigenvalue weighted by Gasteiger charge is -2.11. The molecule has 0 atom stereocenters. The van der Waals surface area contributed by atoms with Crippen molar-refractivity contribution in [1.29, 1.82) is 0 Å². The summed E-state index contributed by atoms with van der Waals surface area (Å²) >= 11 is 0. The van der Waals surface area contributed by atoms with Crippen molar-refractivity contribution in [2.45, 2.75) is 39.5 Å². The zero-order valence-electron chi connectivity index (χ0n) is 11.0. The number of aromatic nitrogens is 2. The Balaban J connectivity index is 2.10. The fourth-order valence-electron chi connectivity index (χ4n) is 1.66. The van der Waals surface area contributed by atoms with Gasteiger partial charge in [0, 0.05) is 25.1 Å². The van der Waals surface area contributed by atoms with Crippen molar-refractivity contribution in [3.8, 4) is 0 Å². The lowest BCUT2D eigenvalue weighted by atomic mass is 10.2. The molecule has 1 aromatic rings. The van der Waals surface area contributed by atoms with E-state index in [-0.39, 0.29) is 0 Å². The molecular weight excluding hydrogens is 212 g/mol. The van der Waals surface area contributed by atoms with Crippen LogP contribution in [0.3, 0.4) is 0 Å². The van der Waals surface area contributed by atoms with Crippen LogP contribution in [0.4, 0.5) is 11.6 Å². The average molecular weight is 234 g/mol.